The zero-order valence-electron chi connectivity index (χ0n) is 14.5. The molecule has 0 amide bonds. The minimum atomic E-state index is -3.45. The van der Waals surface area contributed by atoms with Gasteiger partial charge in [0, 0.05) is 37.4 Å². The van der Waals surface area contributed by atoms with E-state index in [-0.39, 0.29) is 5.78 Å². The lowest BCUT2D eigenvalue weighted by atomic mass is 10.1. The van der Waals surface area contributed by atoms with Crippen LogP contribution in [-0.2, 0) is 10.0 Å². The summed E-state index contributed by atoms with van der Waals surface area (Å²) in [7, 11) is -3.45. The molecule has 0 N–H and O–H groups in total. The standard InChI is InChI=1S/C19H22N2O3S/c1-15-6-8-19(9-7-15)25(23,24)21-12-10-20(11-13-21)18-5-3-4-17(14-18)16(2)22/h3-9,14H,10-13H2,1-2H3. The lowest BCUT2D eigenvalue weighted by molar-refractivity contribution is 0.101. The van der Waals surface area contributed by atoms with Crippen molar-refractivity contribution < 1.29 is 13.2 Å². The van der Waals surface area contributed by atoms with Gasteiger partial charge in [0.05, 0.1) is 4.90 Å². The number of Topliss-reactive ketones (excluding diaryl/α,β-unsaturated/α-hetero) is 1. The summed E-state index contributed by atoms with van der Waals surface area (Å²) in [5.74, 6) is 0.0300. The normalized spacial score (nSPS) is 16.0. The maximum Gasteiger partial charge on any atom is 0.243 e. The predicted molar refractivity (Wildman–Crippen MR) is 98.6 cm³/mol. The Morgan fingerprint density at radius 1 is 0.960 bits per heavy atom. The van der Waals surface area contributed by atoms with Crippen molar-refractivity contribution in [3.63, 3.8) is 0 Å². The zero-order valence-corrected chi connectivity index (χ0v) is 15.3. The van der Waals surface area contributed by atoms with Gasteiger partial charge in [0.1, 0.15) is 0 Å². The summed E-state index contributed by atoms with van der Waals surface area (Å²) in [6.45, 7) is 5.55. The fraction of sp³-hybridized carbons (Fsp3) is 0.316. The van der Waals surface area contributed by atoms with Crippen molar-refractivity contribution in [3.8, 4) is 0 Å². The van der Waals surface area contributed by atoms with Crippen molar-refractivity contribution in [2.45, 2.75) is 18.7 Å². The van der Waals surface area contributed by atoms with Gasteiger partial charge in [-0.2, -0.15) is 4.31 Å². The van der Waals surface area contributed by atoms with Gasteiger partial charge in [-0.25, -0.2) is 8.42 Å². The number of nitrogens with zero attached hydrogens (tertiary/aromatic N) is 2. The Kier molecular flexibility index (Phi) is 4.92. The van der Waals surface area contributed by atoms with Gasteiger partial charge in [0.2, 0.25) is 10.0 Å². The minimum Gasteiger partial charge on any atom is -0.369 e. The monoisotopic (exact) mass is 358 g/mol. The van der Waals surface area contributed by atoms with E-state index in [0.717, 1.165) is 11.3 Å². The van der Waals surface area contributed by atoms with Crippen LogP contribution < -0.4 is 4.90 Å². The highest BCUT2D eigenvalue weighted by atomic mass is 32.2. The van der Waals surface area contributed by atoms with E-state index in [4.69, 9.17) is 0 Å². The van der Waals surface area contributed by atoms with Crippen molar-refractivity contribution >= 4 is 21.5 Å². The highest BCUT2D eigenvalue weighted by Crippen LogP contribution is 2.22. The molecule has 2 aromatic carbocycles. The Morgan fingerprint density at radius 2 is 1.60 bits per heavy atom. The van der Waals surface area contributed by atoms with Crippen molar-refractivity contribution in [2.75, 3.05) is 31.1 Å². The van der Waals surface area contributed by atoms with Crippen LogP contribution in [0.3, 0.4) is 0 Å². The van der Waals surface area contributed by atoms with E-state index in [0.29, 0.717) is 36.6 Å². The first-order valence-corrected chi connectivity index (χ1v) is 9.75. The number of aryl methyl sites for hydroxylation is 1. The number of benzene rings is 2. The fourth-order valence-electron chi connectivity index (χ4n) is 2.97. The molecule has 6 heteroatoms. The summed E-state index contributed by atoms with van der Waals surface area (Å²) in [4.78, 5) is 14.0. The number of anilines is 1. The second-order valence-electron chi connectivity index (χ2n) is 6.31. The lowest BCUT2D eigenvalue weighted by Crippen LogP contribution is -2.48. The van der Waals surface area contributed by atoms with Gasteiger partial charge in [-0.1, -0.05) is 29.8 Å². The molecule has 132 valence electrons. The number of rotatable bonds is 4. The van der Waals surface area contributed by atoms with Crippen molar-refractivity contribution in [2.24, 2.45) is 0 Å². The van der Waals surface area contributed by atoms with Gasteiger partial charge in [-0.3, -0.25) is 4.79 Å². The summed E-state index contributed by atoms with van der Waals surface area (Å²) in [6.07, 6.45) is 0. The van der Waals surface area contributed by atoms with E-state index in [1.165, 1.54) is 4.31 Å². The molecule has 1 fully saturated rings. The van der Waals surface area contributed by atoms with Gasteiger partial charge in [0.25, 0.3) is 0 Å². The van der Waals surface area contributed by atoms with Crippen LogP contribution >= 0.6 is 0 Å². The van der Waals surface area contributed by atoms with Crippen LogP contribution in [0.2, 0.25) is 0 Å². The van der Waals surface area contributed by atoms with Crippen molar-refractivity contribution in [3.05, 3.63) is 59.7 Å². The van der Waals surface area contributed by atoms with E-state index in [9.17, 15) is 13.2 Å². The first-order valence-electron chi connectivity index (χ1n) is 8.31. The molecule has 3 rings (SSSR count). The third-order valence-corrected chi connectivity index (χ3v) is 6.43. The maximum atomic E-state index is 12.7. The fourth-order valence-corrected chi connectivity index (χ4v) is 4.39. The second kappa shape index (κ2) is 6.98. The molecule has 0 unspecified atom stereocenters. The third-order valence-electron chi connectivity index (χ3n) is 4.52. The van der Waals surface area contributed by atoms with Crippen LogP contribution in [0, 0.1) is 6.92 Å². The molecule has 1 aliphatic rings. The van der Waals surface area contributed by atoms with E-state index < -0.39 is 10.0 Å². The quantitative estimate of drug-likeness (QED) is 0.789. The number of hydrogen-bond donors (Lipinski definition) is 0. The molecule has 25 heavy (non-hydrogen) atoms. The number of ketones is 1. The molecule has 1 saturated heterocycles. The van der Waals surface area contributed by atoms with Gasteiger partial charge >= 0.3 is 0 Å². The number of carbonyl (C=O) groups excluding carboxylic acids is 1. The van der Waals surface area contributed by atoms with E-state index in [1.807, 2.05) is 37.3 Å². The highest BCUT2D eigenvalue weighted by molar-refractivity contribution is 7.89. The molecule has 0 bridgehead atoms. The van der Waals surface area contributed by atoms with Crippen LogP contribution in [-0.4, -0.2) is 44.7 Å². The van der Waals surface area contributed by atoms with Crippen LogP contribution in [0.1, 0.15) is 22.8 Å². The smallest absolute Gasteiger partial charge is 0.243 e. The van der Waals surface area contributed by atoms with E-state index in [2.05, 4.69) is 4.90 Å². The van der Waals surface area contributed by atoms with Crippen LogP contribution in [0.5, 0.6) is 0 Å². The van der Waals surface area contributed by atoms with E-state index >= 15 is 0 Å². The molecule has 1 aliphatic heterocycles. The Morgan fingerprint density at radius 3 is 2.20 bits per heavy atom. The molecule has 5 nitrogen and oxygen atoms in total. The first-order chi connectivity index (χ1) is 11.9. The Balaban J connectivity index is 1.72. The summed E-state index contributed by atoms with van der Waals surface area (Å²) >= 11 is 0. The molecule has 0 radical (unpaired) electrons. The topological polar surface area (TPSA) is 57.7 Å². The van der Waals surface area contributed by atoms with Gasteiger partial charge in [-0.05, 0) is 38.1 Å². The summed E-state index contributed by atoms with van der Waals surface area (Å²) < 4.78 is 27.0. The van der Waals surface area contributed by atoms with Gasteiger partial charge in [-0.15, -0.1) is 0 Å². The third kappa shape index (κ3) is 3.75. The highest BCUT2D eigenvalue weighted by Gasteiger charge is 2.28. The number of hydrogen-bond acceptors (Lipinski definition) is 4. The van der Waals surface area contributed by atoms with E-state index in [1.54, 1.807) is 25.1 Å². The summed E-state index contributed by atoms with van der Waals surface area (Å²) in [6, 6.07) is 14.4. The largest absolute Gasteiger partial charge is 0.369 e. The van der Waals surface area contributed by atoms with Crippen LogP contribution in [0.15, 0.2) is 53.4 Å². The van der Waals surface area contributed by atoms with Gasteiger partial charge in [0.15, 0.2) is 5.78 Å². The SMILES string of the molecule is CC(=O)c1cccc(N2CCN(S(=O)(=O)c3ccc(C)cc3)CC2)c1. The Hall–Kier alpha value is -2.18. The van der Waals surface area contributed by atoms with Crippen LogP contribution in [0.25, 0.3) is 0 Å². The van der Waals surface area contributed by atoms with Gasteiger partial charge < -0.3 is 4.90 Å². The second-order valence-corrected chi connectivity index (χ2v) is 8.25. The number of carbonyl (C=O) groups is 1. The molecule has 0 aromatic heterocycles. The van der Waals surface area contributed by atoms with Crippen molar-refractivity contribution in [1.29, 1.82) is 0 Å². The number of sulfonamides is 1. The summed E-state index contributed by atoms with van der Waals surface area (Å²) in [5, 5.41) is 0. The molecular weight excluding hydrogens is 336 g/mol. The average Bonchev–Trinajstić information content (AvgIpc) is 2.62. The molecule has 1 heterocycles. The molecule has 0 spiro atoms. The lowest BCUT2D eigenvalue weighted by Gasteiger charge is -2.35. The zero-order chi connectivity index (χ0) is 18.0. The molecule has 2 aromatic rings. The summed E-state index contributed by atoms with van der Waals surface area (Å²) in [5.41, 5.74) is 2.67. The molecular formula is C19H22N2O3S. The first kappa shape index (κ1) is 17.6. The molecule has 0 atom stereocenters. The minimum absolute atomic E-state index is 0.0300. The Labute approximate surface area is 148 Å². The Bertz CT molecular complexity index is 868. The molecule has 0 saturated carbocycles. The number of piperazine rings is 1. The predicted octanol–water partition coefficient (Wildman–Crippen LogP) is 2.71. The maximum absolute atomic E-state index is 12.7. The van der Waals surface area contributed by atoms with Crippen molar-refractivity contribution in [1.82, 2.24) is 4.31 Å². The average molecular weight is 358 g/mol. The van der Waals surface area contributed by atoms with Crippen LogP contribution in [0.4, 0.5) is 5.69 Å². The molecule has 0 aliphatic carbocycles.